The minimum absolute atomic E-state index is 0.00181. The normalized spacial score (nSPS) is 16.7. The van der Waals surface area contributed by atoms with Crippen LogP contribution in [0.15, 0.2) is 17.4 Å². The van der Waals surface area contributed by atoms with E-state index in [4.69, 9.17) is 16.3 Å². The number of ether oxygens (including phenoxy) is 1. The Hall–Kier alpha value is -1.45. The molecule has 27 heavy (non-hydrogen) atoms. The van der Waals surface area contributed by atoms with Crippen molar-refractivity contribution in [2.24, 2.45) is 5.18 Å². The van der Waals surface area contributed by atoms with Crippen molar-refractivity contribution < 1.29 is 17.9 Å². The van der Waals surface area contributed by atoms with E-state index in [2.05, 4.69) is 29.8 Å². The number of halogens is 4. The van der Waals surface area contributed by atoms with Crippen molar-refractivity contribution in [3.05, 3.63) is 27.9 Å². The highest BCUT2D eigenvalue weighted by Gasteiger charge is 2.65. The highest BCUT2D eigenvalue weighted by Crippen LogP contribution is 2.61. The molecule has 1 aliphatic rings. The number of fused-ring (bicyclic) bond motifs is 1. The fourth-order valence-electron chi connectivity index (χ4n) is 3.14. The molecular formula is C17H21ClF3N3O2Si. The van der Waals surface area contributed by atoms with Gasteiger partial charge in [-0.3, -0.25) is 0 Å². The summed E-state index contributed by atoms with van der Waals surface area (Å²) in [5.41, 5.74) is -1.87. The average molecular weight is 420 g/mol. The number of nitrogens with zero attached hydrogens (tertiary/aromatic N) is 3. The fourth-order valence-corrected chi connectivity index (χ4v) is 4.08. The molecule has 3 rings (SSSR count). The standard InChI is InChI=1S/C17H21ClF3N3O2Si/c1-27(2,3)7-6-26-10-24-9-11(16(4-5-16)17(19,20)21)14-12(23-25)8-13(18)22-15(14)24/h8-9H,4-7,10H2,1-3H3. The lowest BCUT2D eigenvalue weighted by Crippen LogP contribution is -2.28. The Morgan fingerprint density at radius 1 is 1.37 bits per heavy atom. The molecule has 148 valence electrons. The largest absolute Gasteiger partial charge is 0.398 e. The van der Waals surface area contributed by atoms with E-state index < -0.39 is 19.7 Å². The molecule has 2 heterocycles. The monoisotopic (exact) mass is 419 g/mol. The molecular weight excluding hydrogens is 399 g/mol. The average Bonchev–Trinajstić information content (AvgIpc) is 3.28. The quantitative estimate of drug-likeness (QED) is 0.239. The molecule has 0 spiro atoms. The summed E-state index contributed by atoms with van der Waals surface area (Å²) < 4.78 is 48.2. The van der Waals surface area contributed by atoms with Crippen LogP contribution >= 0.6 is 11.6 Å². The van der Waals surface area contributed by atoms with Crippen molar-refractivity contribution in [2.45, 2.75) is 56.8 Å². The van der Waals surface area contributed by atoms with Gasteiger partial charge in [0.2, 0.25) is 0 Å². The first kappa shape index (κ1) is 20.3. The van der Waals surface area contributed by atoms with E-state index in [1.807, 2.05) is 0 Å². The van der Waals surface area contributed by atoms with Crippen LogP contribution in [0.1, 0.15) is 18.4 Å². The smallest absolute Gasteiger partial charge is 0.361 e. The van der Waals surface area contributed by atoms with Crippen LogP contribution in [0, 0.1) is 4.91 Å². The molecule has 5 nitrogen and oxygen atoms in total. The molecule has 1 saturated carbocycles. The van der Waals surface area contributed by atoms with Crippen LogP contribution in [0.4, 0.5) is 18.9 Å². The van der Waals surface area contributed by atoms with Gasteiger partial charge in [-0.25, -0.2) is 4.98 Å². The summed E-state index contributed by atoms with van der Waals surface area (Å²) in [7, 11) is -1.29. The maximum Gasteiger partial charge on any atom is 0.398 e. The zero-order valence-electron chi connectivity index (χ0n) is 15.4. The first-order valence-corrected chi connectivity index (χ1v) is 12.7. The van der Waals surface area contributed by atoms with Gasteiger partial charge in [-0.1, -0.05) is 31.2 Å². The maximum atomic E-state index is 13.7. The van der Waals surface area contributed by atoms with Crippen molar-refractivity contribution in [1.29, 1.82) is 0 Å². The molecule has 0 saturated heterocycles. The molecule has 0 aromatic carbocycles. The van der Waals surface area contributed by atoms with E-state index in [1.54, 1.807) is 0 Å². The molecule has 0 atom stereocenters. The van der Waals surface area contributed by atoms with Crippen LogP contribution in [0.5, 0.6) is 0 Å². The number of aromatic nitrogens is 2. The molecule has 1 fully saturated rings. The van der Waals surface area contributed by atoms with Gasteiger partial charge in [0.25, 0.3) is 0 Å². The van der Waals surface area contributed by atoms with Crippen LogP contribution in [-0.2, 0) is 16.9 Å². The molecule has 0 N–H and O–H groups in total. The summed E-state index contributed by atoms with van der Waals surface area (Å²) in [6.45, 7) is 7.18. The van der Waals surface area contributed by atoms with Gasteiger partial charge in [0.15, 0.2) is 0 Å². The Balaban J connectivity index is 2.02. The minimum Gasteiger partial charge on any atom is -0.361 e. The van der Waals surface area contributed by atoms with Gasteiger partial charge in [0, 0.05) is 26.9 Å². The Morgan fingerprint density at radius 2 is 2.04 bits per heavy atom. The van der Waals surface area contributed by atoms with E-state index >= 15 is 0 Å². The highest BCUT2D eigenvalue weighted by molar-refractivity contribution is 6.76. The van der Waals surface area contributed by atoms with Gasteiger partial charge >= 0.3 is 6.18 Å². The summed E-state index contributed by atoms with van der Waals surface area (Å²) in [5.74, 6) is 0. The van der Waals surface area contributed by atoms with Crippen molar-refractivity contribution >= 4 is 36.4 Å². The lowest BCUT2D eigenvalue weighted by molar-refractivity contribution is -0.160. The van der Waals surface area contributed by atoms with E-state index in [9.17, 15) is 18.1 Å². The van der Waals surface area contributed by atoms with Crippen LogP contribution < -0.4 is 0 Å². The van der Waals surface area contributed by atoms with Crippen molar-refractivity contribution in [3.63, 3.8) is 0 Å². The number of alkyl halides is 3. The van der Waals surface area contributed by atoms with Gasteiger partial charge in [-0.2, -0.15) is 13.2 Å². The van der Waals surface area contributed by atoms with Gasteiger partial charge in [0.1, 0.15) is 23.2 Å². The summed E-state index contributed by atoms with van der Waals surface area (Å²) in [6.07, 6.45) is -3.07. The Kier molecular flexibility index (Phi) is 5.15. The molecule has 0 unspecified atom stereocenters. The number of hydrogen-bond donors (Lipinski definition) is 0. The van der Waals surface area contributed by atoms with Crippen LogP contribution in [0.25, 0.3) is 11.0 Å². The molecule has 0 aliphatic heterocycles. The van der Waals surface area contributed by atoms with E-state index in [0.29, 0.717) is 6.61 Å². The number of rotatable bonds is 7. The zero-order valence-corrected chi connectivity index (χ0v) is 17.1. The first-order valence-electron chi connectivity index (χ1n) is 8.66. The molecule has 1 aliphatic carbocycles. The summed E-state index contributed by atoms with van der Waals surface area (Å²) >= 11 is 5.94. The Bertz CT molecular complexity index is 873. The van der Waals surface area contributed by atoms with Gasteiger partial charge in [0.05, 0.1) is 10.8 Å². The van der Waals surface area contributed by atoms with E-state index in [1.165, 1.54) is 16.8 Å². The zero-order chi connectivity index (χ0) is 20.0. The third-order valence-corrected chi connectivity index (χ3v) is 6.81. The van der Waals surface area contributed by atoms with Gasteiger partial charge < -0.3 is 9.30 Å². The highest BCUT2D eigenvalue weighted by atomic mass is 35.5. The second-order valence-electron chi connectivity index (χ2n) is 8.19. The Morgan fingerprint density at radius 3 is 2.56 bits per heavy atom. The topological polar surface area (TPSA) is 56.5 Å². The Labute approximate surface area is 160 Å². The predicted molar refractivity (Wildman–Crippen MR) is 101 cm³/mol. The predicted octanol–water partition coefficient (Wildman–Crippen LogP) is 5.99. The van der Waals surface area contributed by atoms with Crippen LogP contribution in [-0.4, -0.2) is 30.4 Å². The molecule has 0 radical (unpaired) electrons. The van der Waals surface area contributed by atoms with Crippen LogP contribution in [0.2, 0.25) is 30.8 Å². The second kappa shape index (κ2) is 6.86. The van der Waals surface area contributed by atoms with Gasteiger partial charge in [-0.15, -0.1) is 4.91 Å². The molecule has 0 bridgehead atoms. The molecule has 10 heteroatoms. The summed E-state index contributed by atoms with van der Waals surface area (Å²) in [5, 5.41) is 3.01. The minimum atomic E-state index is -4.41. The third kappa shape index (κ3) is 3.90. The number of hydrogen-bond acceptors (Lipinski definition) is 4. The van der Waals surface area contributed by atoms with Crippen LogP contribution in [0.3, 0.4) is 0 Å². The lowest BCUT2D eigenvalue weighted by atomic mass is 9.95. The second-order valence-corrected chi connectivity index (χ2v) is 14.2. The molecule has 2 aromatic heterocycles. The van der Waals surface area contributed by atoms with Crippen molar-refractivity contribution in [3.8, 4) is 0 Å². The van der Waals surface area contributed by atoms with Crippen molar-refractivity contribution in [1.82, 2.24) is 9.55 Å². The lowest BCUT2D eigenvalue weighted by Gasteiger charge is -2.18. The van der Waals surface area contributed by atoms with Crippen molar-refractivity contribution in [2.75, 3.05) is 6.61 Å². The third-order valence-electron chi connectivity index (χ3n) is 4.91. The molecule has 2 aromatic rings. The summed E-state index contributed by atoms with van der Waals surface area (Å²) in [6, 6.07) is 2.13. The SMILES string of the molecule is C[Si](C)(C)CCOCn1cc(C2(C(F)(F)F)CC2)c2c(N=O)cc(Cl)nc21. The van der Waals surface area contributed by atoms with E-state index in [0.717, 1.165) is 6.04 Å². The van der Waals surface area contributed by atoms with E-state index in [-0.39, 0.29) is 47.0 Å². The first-order chi connectivity index (χ1) is 12.5. The summed E-state index contributed by atoms with van der Waals surface area (Å²) in [4.78, 5) is 15.4. The maximum absolute atomic E-state index is 13.7. The number of pyridine rings is 1. The van der Waals surface area contributed by atoms with Gasteiger partial charge in [-0.05, 0) is 29.6 Å². The fraction of sp³-hybridized carbons (Fsp3) is 0.588. The molecule has 0 amide bonds. The number of nitroso groups, excluding NO2 is 1.